The van der Waals surface area contributed by atoms with E-state index < -0.39 is 5.51 Å². The number of thioether (sulfide) groups is 1. The van der Waals surface area contributed by atoms with Crippen LogP contribution in [-0.4, -0.2) is 30.1 Å². The van der Waals surface area contributed by atoms with Crippen LogP contribution in [0.15, 0.2) is 18.2 Å². The van der Waals surface area contributed by atoms with Crippen molar-refractivity contribution in [2.75, 3.05) is 23.7 Å². The summed E-state index contributed by atoms with van der Waals surface area (Å²) >= 11 is 0.0142. The second kappa shape index (κ2) is 6.08. The third-order valence-corrected chi connectivity index (χ3v) is 4.04. The molecule has 0 radical (unpaired) electrons. The van der Waals surface area contributed by atoms with E-state index in [0.29, 0.717) is 12.1 Å². The number of hydrogen-bond donors (Lipinski definition) is 0. The molecule has 1 aliphatic heterocycles. The molecule has 0 bridgehead atoms. The van der Waals surface area contributed by atoms with Crippen LogP contribution in [0.5, 0.6) is 0 Å². The van der Waals surface area contributed by atoms with Crippen LogP contribution in [-0.2, 0) is 6.42 Å². The molecule has 0 saturated heterocycles. The molecule has 1 aromatic carbocycles. The Morgan fingerprint density at radius 1 is 1.40 bits per heavy atom. The first-order valence-electron chi connectivity index (χ1n) is 6.46. The lowest BCUT2D eigenvalue weighted by Crippen LogP contribution is -2.32. The van der Waals surface area contributed by atoms with Gasteiger partial charge in [-0.25, -0.2) is 0 Å². The van der Waals surface area contributed by atoms with Crippen LogP contribution < -0.4 is 4.90 Å². The van der Waals surface area contributed by atoms with E-state index in [4.69, 9.17) is 0 Å². The van der Waals surface area contributed by atoms with Crippen LogP contribution in [0.3, 0.4) is 0 Å². The summed E-state index contributed by atoms with van der Waals surface area (Å²) in [5.41, 5.74) is -1.49. The van der Waals surface area contributed by atoms with Crippen LogP contribution in [0.25, 0.3) is 0 Å². The summed E-state index contributed by atoms with van der Waals surface area (Å²) in [5.74, 6) is 0.0368. The van der Waals surface area contributed by atoms with Gasteiger partial charge in [0.05, 0.1) is 0 Å². The number of Topliss-reactive ketones (excluding diaryl/α,β-unsaturated/α-hetero) is 1. The Morgan fingerprint density at radius 2 is 2.15 bits per heavy atom. The number of alkyl halides is 3. The number of ketones is 1. The van der Waals surface area contributed by atoms with Crippen molar-refractivity contribution < 1.29 is 18.0 Å². The number of rotatable bonds is 4. The maximum absolute atomic E-state index is 12.2. The topological polar surface area (TPSA) is 20.3 Å². The van der Waals surface area contributed by atoms with E-state index in [1.807, 2.05) is 17.0 Å². The smallest absolute Gasteiger partial charge is 0.370 e. The monoisotopic (exact) mass is 303 g/mol. The van der Waals surface area contributed by atoms with Gasteiger partial charge in [-0.15, -0.1) is 0 Å². The number of aryl methyl sites for hydroxylation is 1. The summed E-state index contributed by atoms with van der Waals surface area (Å²) in [6.45, 7) is 2.66. The molecular formula is C14H16F3NOS. The van der Waals surface area contributed by atoms with Crippen molar-refractivity contribution in [1.29, 1.82) is 0 Å². The van der Waals surface area contributed by atoms with Gasteiger partial charge in [-0.05, 0) is 55.3 Å². The molecule has 0 fully saturated rings. The molecule has 0 saturated carbocycles. The predicted octanol–water partition coefficient (Wildman–Crippen LogP) is 3.89. The Hall–Kier alpha value is -1.17. The lowest BCUT2D eigenvalue weighted by Gasteiger charge is -2.31. The van der Waals surface area contributed by atoms with E-state index in [9.17, 15) is 18.0 Å². The van der Waals surface area contributed by atoms with Gasteiger partial charge >= 0.3 is 5.51 Å². The number of fused-ring (bicyclic) bond motifs is 1. The summed E-state index contributed by atoms with van der Waals surface area (Å²) in [5, 5.41) is 0. The lowest BCUT2D eigenvalue weighted by atomic mass is 9.98. The Morgan fingerprint density at radius 3 is 2.80 bits per heavy atom. The molecular weight excluding hydrogens is 287 g/mol. The quantitative estimate of drug-likeness (QED) is 0.787. The van der Waals surface area contributed by atoms with Gasteiger partial charge in [-0.2, -0.15) is 13.2 Å². The van der Waals surface area contributed by atoms with Gasteiger partial charge in [0, 0.05) is 30.1 Å². The average molecular weight is 303 g/mol. The molecule has 1 aliphatic rings. The highest BCUT2D eigenvalue weighted by molar-refractivity contribution is 8.00. The predicted molar refractivity (Wildman–Crippen MR) is 75.5 cm³/mol. The number of benzene rings is 1. The zero-order valence-electron chi connectivity index (χ0n) is 11.2. The van der Waals surface area contributed by atoms with E-state index in [2.05, 4.69) is 0 Å². The van der Waals surface area contributed by atoms with Crippen molar-refractivity contribution in [2.45, 2.75) is 25.3 Å². The number of anilines is 1. The first-order valence-corrected chi connectivity index (χ1v) is 7.45. The van der Waals surface area contributed by atoms with Gasteiger partial charge in [0.15, 0.2) is 5.78 Å². The van der Waals surface area contributed by atoms with Gasteiger partial charge in [-0.1, -0.05) is 0 Å². The van der Waals surface area contributed by atoms with Gasteiger partial charge < -0.3 is 4.90 Å². The number of hydrogen-bond acceptors (Lipinski definition) is 3. The number of nitrogens with zero attached hydrogens (tertiary/aromatic N) is 1. The molecule has 1 aromatic rings. The average Bonchev–Trinajstić information content (AvgIpc) is 2.36. The van der Waals surface area contributed by atoms with Gasteiger partial charge in [0.1, 0.15) is 0 Å². The molecule has 0 aliphatic carbocycles. The molecule has 0 aromatic heterocycles. The van der Waals surface area contributed by atoms with E-state index in [1.165, 1.54) is 6.92 Å². The SMILES string of the molecule is CC(=O)c1ccc2c(c1)CCCN2CCSC(F)(F)F. The summed E-state index contributed by atoms with van der Waals surface area (Å²) in [6.07, 6.45) is 1.78. The lowest BCUT2D eigenvalue weighted by molar-refractivity contribution is -0.0327. The highest BCUT2D eigenvalue weighted by Crippen LogP contribution is 2.32. The van der Waals surface area contributed by atoms with Crippen LogP contribution in [0, 0.1) is 0 Å². The van der Waals surface area contributed by atoms with E-state index >= 15 is 0 Å². The van der Waals surface area contributed by atoms with Crippen molar-refractivity contribution in [2.24, 2.45) is 0 Å². The second-order valence-electron chi connectivity index (χ2n) is 4.78. The minimum Gasteiger partial charge on any atom is -0.370 e. The standard InChI is InChI=1S/C14H16F3NOS/c1-10(19)11-4-5-13-12(9-11)3-2-6-18(13)7-8-20-14(15,16)17/h4-5,9H,2-3,6-8H2,1H3. The molecule has 2 nitrogen and oxygen atoms in total. The van der Waals surface area contributed by atoms with Crippen LogP contribution >= 0.6 is 11.8 Å². The van der Waals surface area contributed by atoms with Crippen molar-refractivity contribution >= 4 is 23.2 Å². The zero-order valence-corrected chi connectivity index (χ0v) is 12.0. The molecule has 1 heterocycles. The number of halogens is 3. The van der Waals surface area contributed by atoms with Gasteiger partial charge in [0.2, 0.25) is 0 Å². The van der Waals surface area contributed by atoms with Gasteiger partial charge in [0.25, 0.3) is 0 Å². The van der Waals surface area contributed by atoms with E-state index in [-0.39, 0.29) is 23.3 Å². The third kappa shape index (κ3) is 3.91. The molecule has 0 unspecified atom stereocenters. The molecule has 6 heteroatoms. The summed E-state index contributed by atoms with van der Waals surface area (Å²) in [4.78, 5) is 13.3. The first-order chi connectivity index (χ1) is 9.37. The Bertz CT molecular complexity index is 502. The normalized spacial score (nSPS) is 15.1. The number of carbonyl (C=O) groups is 1. The van der Waals surface area contributed by atoms with Crippen molar-refractivity contribution in [1.82, 2.24) is 0 Å². The van der Waals surface area contributed by atoms with Crippen molar-refractivity contribution in [3.63, 3.8) is 0 Å². The minimum atomic E-state index is -4.17. The van der Waals surface area contributed by atoms with Crippen LogP contribution in [0.2, 0.25) is 0 Å². The third-order valence-electron chi connectivity index (χ3n) is 3.33. The highest BCUT2D eigenvalue weighted by Gasteiger charge is 2.28. The van der Waals surface area contributed by atoms with Gasteiger partial charge in [-0.3, -0.25) is 4.79 Å². The fraction of sp³-hybridized carbons (Fsp3) is 0.500. The summed E-state index contributed by atoms with van der Waals surface area (Å²) in [7, 11) is 0. The molecule has 110 valence electrons. The fourth-order valence-electron chi connectivity index (χ4n) is 2.40. The van der Waals surface area contributed by atoms with Crippen molar-refractivity contribution in [3.8, 4) is 0 Å². The van der Waals surface area contributed by atoms with Crippen LogP contribution in [0.4, 0.5) is 18.9 Å². The maximum atomic E-state index is 12.2. The van der Waals surface area contributed by atoms with Crippen molar-refractivity contribution in [3.05, 3.63) is 29.3 Å². The first kappa shape index (κ1) is 15.2. The Balaban J connectivity index is 2.07. The van der Waals surface area contributed by atoms with Crippen LogP contribution in [0.1, 0.15) is 29.3 Å². The Labute approximate surface area is 120 Å². The zero-order chi connectivity index (χ0) is 14.8. The molecule has 0 spiro atoms. The largest absolute Gasteiger partial charge is 0.441 e. The maximum Gasteiger partial charge on any atom is 0.441 e. The minimum absolute atomic E-state index is 0.0116. The molecule has 0 N–H and O–H groups in total. The van der Waals surface area contributed by atoms with E-state index in [1.54, 1.807) is 6.07 Å². The number of carbonyl (C=O) groups excluding carboxylic acids is 1. The molecule has 0 atom stereocenters. The molecule has 2 rings (SSSR count). The second-order valence-corrected chi connectivity index (χ2v) is 5.94. The molecule has 0 amide bonds. The summed E-state index contributed by atoms with van der Waals surface area (Å²) in [6, 6.07) is 5.46. The summed E-state index contributed by atoms with van der Waals surface area (Å²) < 4.78 is 36.5. The molecule has 20 heavy (non-hydrogen) atoms. The highest BCUT2D eigenvalue weighted by atomic mass is 32.2. The van der Waals surface area contributed by atoms with E-state index in [0.717, 1.165) is 30.6 Å². The fourth-order valence-corrected chi connectivity index (χ4v) is 2.94. The Kier molecular flexibility index (Phi) is 4.62.